The average Bonchev–Trinajstić information content (AvgIpc) is 3.30. The first-order chi connectivity index (χ1) is 11.9. The molecule has 0 aromatic carbocycles. The normalized spacial score (nSPS) is 25.8. The van der Waals surface area contributed by atoms with Gasteiger partial charge in [-0.25, -0.2) is 9.37 Å². The Kier molecular flexibility index (Phi) is 5.40. The Morgan fingerprint density at radius 2 is 2.28 bits per heavy atom. The molecule has 136 valence electrons. The van der Waals surface area contributed by atoms with Gasteiger partial charge in [-0.05, 0) is 26.2 Å². The summed E-state index contributed by atoms with van der Waals surface area (Å²) in [5, 5.41) is 9.52. The van der Waals surface area contributed by atoms with Crippen LogP contribution >= 0.6 is 11.3 Å². The van der Waals surface area contributed by atoms with Crippen LogP contribution in [0.4, 0.5) is 4.39 Å². The number of carbonyl (C=O) groups excluding carboxylic acids is 1. The lowest BCUT2D eigenvalue weighted by Gasteiger charge is -2.31. The van der Waals surface area contributed by atoms with Crippen molar-refractivity contribution >= 4 is 17.2 Å². The second kappa shape index (κ2) is 7.38. The number of alkyl halides is 1. The van der Waals surface area contributed by atoms with E-state index in [1.807, 2.05) is 12.4 Å². The van der Waals surface area contributed by atoms with E-state index in [1.54, 1.807) is 23.3 Å². The van der Waals surface area contributed by atoms with Gasteiger partial charge in [0.05, 0.1) is 17.3 Å². The lowest BCUT2D eigenvalue weighted by atomic mass is 9.86. The van der Waals surface area contributed by atoms with Crippen LogP contribution in [-0.4, -0.2) is 53.0 Å². The molecule has 2 atom stereocenters. The van der Waals surface area contributed by atoms with Gasteiger partial charge in [0.2, 0.25) is 5.91 Å². The van der Waals surface area contributed by atoms with Gasteiger partial charge in [0.1, 0.15) is 11.6 Å². The number of nitrogens with zero attached hydrogens (tertiary/aromatic N) is 4. The summed E-state index contributed by atoms with van der Waals surface area (Å²) in [6.45, 7) is 3.51. The lowest BCUT2D eigenvalue weighted by molar-refractivity contribution is -0.138. The quantitative estimate of drug-likeness (QED) is 0.806. The van der Waals surface area contributed by atoms with Gasteiger partial charge in [-0.1, -0.05) is 12.8 Å². The van der Waals surface area contributed by atoms with Crippen LogP contribution in [0.2, 0.25) is 0 Å². The molecule has 2 fully saturated rings. The van der Waals surface area contributed by atoms with Gasteiger partial charge in [0.15, 0.2) is 0 Å². The molecular weight excluding hydrogens is 339 g/mol. The zero-order valence-corrected chi connectivity index (χ0v) is 15.7. The number of carbonyl (C=O) groups is 1. The number of thiazole rings is 1. The van der Waals surface area contributed by atoms with Crippen LogP contribution in [0, 0.1) is 23.7 Å². The summed E-state index contributed by atoms with van der Waals surface area (Å²) >= 11 is 1.59. The van der Waals surface area contributed by atoms with Crippen molar-refractivity contribution in [2.75, 3.05) is 20.1 Å². The maximum absolute atomic E-state index is 14.0. The van der Waals surface area contributed by atoms with Crippen molar-refractivity contribution < 1.29 is 9.18 Å². The minimum Gasteiger partial charge on any atom is -0.343 e. The molecule has 2 heterocycles. The van der Waals surface area contributed by atoms with Crippen LogP contribution in [0.5, 0.6) is 0 Å². The van der Waals surface area contributed by atoms with E-state index in [4.69, 9.17) is 0 Å². The van der Waals surface area contributed by atoms with Gasteiger partial charge in [0, 0.05) is 37.6 Å². The number of nitriles is 1. The number of rotatable bonds is 5. The highest BCUT2D eigenvalue weighted by Gasteiger charge is 2.44. The molecule has 1 aromatic rings. The topological polar surface area (TPSA) is 60.2 Å². The molecule has 1 amide bonds. The predicted octanol–water partition coefficient (Wildman–Crippen LogP) is 2.91. The highest BCUT2D eigenvalue weighted by atomic mass is 32.1. The first-order valence-corrected chi connectivity index (χ1v) is 9.77. The molecule has 1 saturated carbocycles. The third kappa shape index (κ3) is 3.70. The Morgan fingerprint density at radius 3 is 2.88 bits per heavy atom. The van der Waals surface area contributed by atoms with E-state index >= 15 is 0 Å². The first kappa shape index (κ1) is 18.3. The van der Waals surface area contributed by atoms with Gasteiger partial charge in [-0.15, -0.1) is 11.3 Å². The molecule has 1 aromatic heterocycles. The SMILES string of the molecule is Cc1ncsc1CN1C[C@@H](F)C[C@H]1CN(C)C(=O)C1(C#N)CCCC1. The third-order valence-corrected chi connectivity index (χ3v) is 6.50. The van der Waals surface area contributed by atoms with Crippen LogP contribution in [0.15, 0.2) is 5.51 Å². The number of likely N-dealkylation sites (tertiary alicyclic amines) is 1. The highest BCUT2D eigenvalue weighted by Crippen LogP contribution is 2.39. The molecule has 25 heavy (non-hydrogen) atoms. The molecule has 5 nitrogen and oxygen atoms in total. The molecule has 1 aliphatic carbocycles. The first-order valence-electron chi connectivity index (χ1n) is 8.89. The second-order valence-corrected chi connectivity index (χ2v) is 8.30. The average molecular weight is 364 g/mol. The highest BCUT2D eigenvalue weighted by molar-refractivity contribution is 7.09. The van der Waals surface area contributed by atoms with E-state index in [9.17, 15) is 14.4 Å². The maximum atomic E-state index is 14.0. The van der Waals surface area contributed by atoms with Crippen molar-refractivity contribution in [2.45, 2.75) is 57.8 Å². The van der Waals surface area contributed by atoms with Crippen molar-refractivity contribution in [3.63, 3.8) is 0 Å². The van der Waals surface area contributed by atoms with E-state index < -0.39 is 11.6 Å². The fraction of sp³-hybridized carbons (Fsp3) is 0.722. The van der Waals surface area contributed by atoms with Gasteiger partial charge in [0.25, 0.3) is 0 Å². The number of likely N-dealkylation sites (N-methyl/N-ethyl adjacent to an activating group) is 1. The fourth-order valence-electron chi connectivity index (χ4n) is 4.08. The molecule has 3 rings (SSSR count). The van der Waals surface area contributed by atoms with Gasteiger partial charge < -0.3 is 4.90 Å². The van der Waals surface area contributed by atoms with Crippen LogP contribution < -0.4 is 0 Å². The Labute approximate surface area is 152 Å². The molecule has 0 spiro atoms. The molecule has 0 radical (unpaired) electrons. The number of halogens is 1. The largest absolute Gasteiger partial charge is 0.343 e. The molecule has 1 saturated heterocycles. The summed E-state index contributed by atoms with van der Waals surface area (Å²) in [6.07, 6.45) is 2.73. The summed E-state index contributed by atoms with van der Waals surface area (Å²) in [7, 11) is 1.75. The molecule has 7 heteroatoms. The van der Waals surface area contributed by atoms with Gasteiger partial charge in [-0.2, -0.15) is 5.26 Å². The summed E-state index contributed by atoms with van der Waals surface area (Å²) in [5.74, 6) is -0.0938. The molecule has 2 aliphatic rings. The van der Waals surface area contributed by atoms with Crippen molar-refractivity contribution in [1.82, 2.24) is 14.8 Å². The number of hydrogen-bond donors (Lipinski definition) is 0. The maximum Gasteiger partial charge on any atom is 0.242 e. The lowest BCUT2D eigenvalue weighted by Crippen LogP contribution is -2.46. The van der Waals surface area contributed by atoms with Crippen LogP contribution in [0.25, 0.3) is 0 Å². The molecule has 0 unspecified atom stereocenters. The molecule has 1 aliphatic heterocycles. The molecule has 0 N–H and O–H groups in total. The molecule has 0 bridgehead atoms. The zero-order chi connectivity index (χ0) is 18.0. The summed E-state index contributed by atoms with van der Waals surface area (Å²) in [4.78, 5) is 22.0. The summed E-state index contributed by atoms with van der Waals surface area (Å²) < 4.78 is 14.0. The number of aromatic nitrogens is 1. The second-order valence-electron chi connectivity index (χ2n) is 7.36. The standard InChI is InChI=1S/C18H25FN4OS/c1-13-16(25-12-21-13)10-23-8-14(19)7-15(23)9-22(2)17(24)18(11-20)5-3-4-6-18/h12,14-15H,3-10H2,1-2H3/t14-,15-/m0/s1. The number of aryl methyl sites for hydroxylation is 1. The smallest absolute Gasteiger partial charge is 0.242 e. The van der Waals surface area contributed by atoms with E-state index in [0.29, 0.717) is 38.9 Å². The van der Waals surface area contributed by atoms with Crippen molar-refractivity contribution in [3.05, 3.63) is 16.1 Å². The Morgan fingerprint density at radius 1 is 1.56 bits per heavy atom. The predicted molar refractivity (Wildman–Crippen MR) is 94.7 cm³/mol. The summed E-state index contributed by atoms with van der Waals surface area (Å²) in [6, 6.07) is 2.25. The fourth-order valence-corrected chi connectivity index (χ4v) is 4.89. The van der Waals surface area contributed by atoms with Crippen LogP contribution in [0.1, 0.15) is 42.7 Å². The van der Waals surface area contributed by atoms with Crippen molar-refractivity contribution in [3.8, 4) is 6.07 Å². The minimum atomic E-state index is -0.863. The van der Waals surface area contributed by atoms with E-state index in [1.165, 1.54) is 0 Å². The van der Waals surface area contributed by atoms with Crippen molar-refractivity contribution in [2.24, 2.45) is 5.41 Å². The van der Waals surface area contributed by atoms with E-state index in [0.717, 1.165) is 23.4 Å². The number of hydrogen-bond acceptors (Lipinski definition) is 5. The van der Waals surface area contributed by atoms with E-state index in [2.05, 4.69) is 16.0 Å². The number of amides is 1. The zero-order valence-electron chi connectivity index (χ0n) is 14.9. The van der Waals surface area contributed by atoms with Crippen LogP contribution in [0.3, 0.4) is 0 Å². The van der Waals surface area contributed by atoms with Gasteiger partial charge in [-0.3, -0.25) is 9.69 Å². The van der Waals surface area contributed by atoms with Crippen molar-refractivity contribution in [1.29, 1.82) is 5.26 Å². The van der Waals surface area contributed by atoms with Crippen LogP contribution in [-0.2, 0) is 11.3 Å². The van der Waals surface area contributed by atoms with Gasteiger partial charge >= 0.3 is 0 Å². The molecular formula is C18H25FN4OS. The van der Waals surface area contributed by atoms with E-state index in [-0.39, 0.29) is 11.9 Å². The Balaban J connectivity index is 1.66. The third-order valence-electron chi connectivity index (χ3n) is 5.58. The summed E-state index contributed by atoms with van der Waals surface area (Å²) in [5.41, 5.74) is 1.95. The Bertz CT molecular complexity index is 664. The Hall–Kier alpha value is -1.52. The minimum absolute atomic E-state index is 0.0115. The monoisotopic (exact) mass is 364 g/mol.